The smallest absolute Gasteiger partial charge is 0.224 e. The van der Waals surface area contributed by atoms with E-state index in [9.17, 15) is 4.79 Å². The average Bonchev–Trinajstić information content (AvgIpc) is 2.88. The van der Waals surface area contributed by atoms with Crippen LogP contribution in [0.25, 0.3) is 0 Å². The predicted octanol–water partition coefficient (Wildman–Crippen LogP) is 3.19. The van der Waals surface area contributed by atoms with Gasteiger partial charge in [-0.15, -0.1) is 0 Å². The van der Waals surface area contributed by atoms with Crippen LogP contribution in [0, 0.1) is 11.8 Å². The van der Waals surface area contributed by atoms with Gasteiger partial charge in [0.1, 0.15) is 0 Å². The minimum atomic E-state index is 0.138. The standard InChI is InChI=1S/C21H22N2O/c24-21-12-17-14-23(13-16-8-4-3-5-9-16)15-19(17)18-10-6-1-2-7-11-20(18)22-21/h1-11,17,19H,12-15H2,(H,22,24)/b2-1-,6-1?,7-2?,10-6-,11-7-,18-10?,20-11?. The Kier molecular flexibility index (Phi) is 4.18. The lowest BCUT2D eigenvalue weighted by Crippen LogP contribution is -2.25. The molecule has 2 heterocycles. The molecule has 1 N–H and O–H groups in total. The summed E-state index contributed by atoms with van der Waals surface area (Å²) in [5.41, 5.74) is 3.57. The molecule has 1 fully saturated rings. The third-order valence-corrected chi connectivity index (χ3v) is 5.07. The lowest BCUT2D eigenvalue weighted by molar-refractivity contribution is -0.121. The van der Waals surface area contributed by atoms with Crippen molar-refractivity contribution in [3.05, 3.63) is 83.6 Å². The summed E-state index contributed by atoms with van der Waals surface area (Å²) in [5, 5.41) is 3.09. The van der Waals surface area contributed by atoms with Crippen LogP contribution in [0.4, 0.5) is 0 Å². The molecule has 2 atom stereocenters. The summed E-state index contributed by atoms with van der Waals surface area (Å²) in [4.78, 5) is 14.8. The van der Waals surface area contributed by atoms with E-state index >= 15 is 0 Å². The molecule has 3 nitrogen and oxygen atoms in total. The van der Waals surface area contributed by atoms with Crippen molar-refractivity contribution in [3.63, 3.8) is 0 Å². The highest BCUT2D eigenvalue weighted by Gasteiger charge is 2.38. The summed E-state index contributed by atoms with van der Waals surface area (Å²) in [7, 11) is 0. The first-order chi connectivity index (χ1) is 11.8. The molecule has 122 valence electrons. The van der Waals surface area contributed by atoms with Crippen molar-refractivity contribution in [2.75, 3.05) is 13.1 Å². The lowest BCUT2D eigenvalue weighted by Gasteiger charge is -2.18. The number of hydrogen-bond donors (Lipinski definition) is 1. The molecule has 3 aliphatic rings. The fraction of sp³-hybridized carbons (Fsp3) is 0.286. The van der Waals surface area contributed by atoms with Crippen LogP contribution in [-0.4, -0.2) is 23.9 Å². The van der Waals surface area contributed by atoms with Crippen LogP contribution in [0.3, 0.4) is 0 Å². The zero-order chi connectivity index (χ0) is 16.4. The first kappa shape index (κ1) is 15.2. The molecule has 0 radical (unpaired) electrons. The number of fused-ring (bicyclic) bond motifs is 2. The third kappa shape index (κ3) is 3.13. The Morgan fingerprint density at radius 3 is 2.62 bits per heavy atom. The summed E-state index contributed by atoms with van der Waals surface area (Å²) in [6, 6.07) is 10.6. The number of nitrogens with one attached hydrogen (secondary N) is 1. The summed E-state index contributed by atoms with van der Waals surface area (Å²) in [6.45, 7) is 2.95. The number of rotatable bonds is 2. The highest BCUT2D eigenvalue weighted by Crippen LogP contribution is 2.37. The topological polar surface area (TPSA) is 32.3 Å². The van der Waals surface area contributed by atoms with Crippen molar-refractivity contribution in [1.29, 1.82) is 0 Å². The molecule has 0 spiro atoms. The van der Waals surface area contributed by atoms with Crippen LogP contribution < -0.4 is 5.32 Å². The third-order valence-electron chi connectivity index (χ3n) is 5.07. The molecule has 0 aromatic heterocycles. The molecular weight excluding hydrogens is 296 g/mol. The molecule has 0 bridgehead atoms. The molecule has 1 amide bonds. The van der Waals surface area contributed by atoms with Gasteiger partial charge in [0.15, 0.2) is 0 Å². The van der Waals surface area contributed by atoms with Crippen LogP contribution in [0.15, 0.2) is 78.1 Å². The van der Waals surface area contributed by atoms with E-state index in [2.05, 4.69) is 52.7 Å². The second kappa shape index (κ2) is 6.62. The first-order valence-electron chi connectivity index (χ1n) is 8.61. The van der Waals surface area contributed by atoms with E-state index < -0.39 is 0 Å². The van der Waals surface area contributed by atoms with Crippen molar-refractivity contribution in [1.82, 2.24) is 10.2 Å². The molecule has 4 rings (SSSR count). The van der Waals surface area contributed by atoms with Gasteiger partial charge in [-0.1, -0.05) is 60.7 Å². The summed E-state index contributed by atoms with van der Waals surface area (Å²) >= 11 is 0. The lowest BCUT2D eigenvalue weighted by atomic mass is 9.86. The molecule has 24 heavy (non-hydrogen) atoms. The Hall–Kier alpha value is -2.39. The Morgan fingerprint density at radius 1 is 1.00 bits per heavy atom. The van der Waals surface area contributed by atoms with Gasteiger partial charge in [0, 0.05) is 37.7 Å². The Bertz CT molecular complexity index is 742. The van der Waals surface area contributed by atoms with E-state index in [0.717, 1.165) is 25.3 Å². The van der Waals surface area contributed by atoms with Gasteiger partial charge >= 0.3 is 0 Å². The van der Waals surface area contributed by atoms with E-state index in [-0.39, 0.29) is 5.91 Å². The highest BCUT2D eigenvalue weighted by atomic mass is 16.1. The van der Waals surface area contributed by atoms with E-state index in [4.69, 9.17) is 0 Å². The van der Waals surface area contributed by atoms with Crippen LogP contribution in [0.1, 0.15) is 12.0 Å². The molecule has 1 aliphatic carbocycles. The monoisotopic (exact) mass is 318 g/mol. The second-order valence-corrected chi connectivity index (χ2v) is 6.77. The molecule has 1 saturated heterocycles. The fourth-order valence-electron chi connectivity index (χ4n) is 3.99. The van der Waals surface area contributed by atoms with E-state index in [1.165, 1.54) is 11.1 Å². The minimum Gasteiger partial charge on any atom is -0.326 e. The zero-order valence-corrected chi connectivity index (χ0v) is 13.7. The zero-order valence-electron chi connectivity index (χ0n) is 13.7. The second-order valence-electron chi connectivity index (χ2n) is 6.77. The van der Waals surface area contributed by atoms with Crippen molar-refractivity contribution < 1.29 is 4.79 Å². The van der Waals surface area contributed by atoms with E-state index in [1.54, 1.807) is 0 Å². The van der Waals surface area contributed by atoms with Gasteiger partial charge < -0.3 is 5.32 Å². The van der Waals surface area contributed by atoms with E-state index in [1.807, 2.05) is 24.3 Å². The quantitative estimate of drug-likeness (QED) is 0.908. The van der Waals surface area contributed by atoms with Crippen LogP contribution in [-0.2, 0) is 11.3 Å². The largest absolute Gasteiger partial charge is 0.326 e. The molecule has 2 unspecified atom stereocenters. The maximum atomic E-state index is 12.3. The Balaban J connectivity index is 1.60. The highest BCUT2D eigenvalue weighted by molar-refractivity contribution is 5.80. The number of benzene rings is 1. The minimum absolute atomic E-state index is 0.138. The Morgan fingerprint density at radius 2 is 1.79 bits per heavy atom. The number of likely N-dealkylation sites (tertiary alicyclic amines) is 1. The molecule has 3 heteroatoms. The van der Waals surface area contributed by atoms with Crippen LogP contribution in [0.5, 0.6) is 0 Å². The SMILES string of the molecule is O=C1CC2CN(Cc3ccccc3)CC2C2=C(\C=C/C=C\C=C/2)N1. The van der Waals surface area contributed by atoms with Crippen molar-refractivity contribution in [2.45, 2.75) is 13.0 Å². The maximum absolute atomic E-state index is 12.3. The number of nitrogens with zero attached hydrogens (tertiary/aromatic N) is 1. The maximum Gasteiger partial charge on any atom is 0.224 e. The average molecular weight is 318 g/mol. The van der Waals surface area contributed by atoms with Crippen LogP contribution >= 0.6 is 0 Å². The predicted molar refractivity (Wildman–Crippen MR) is 95.9 cm³/mol. The Labute approximate surface area is 143 Å². The molecule has 1 aromatic rings. The normalized spacial score (nSPS) is 30.4. The fourth-order valence-corrected chi connectivity index (χ4v) is 3.99. The number of carbonyl (C=O) groups excluding carboxylic acids is 1. The van der Waals surface area contributed by atoms with Crippen molar-refractivity contribution in [3.8, 4) is 0 Å². The number of carbonyl (C=O) groups is 1. The van der Waals surface area contributed by atoms with Crippen molar-refractivity contribution in [2.24, 2.45) is 11.8 Å². The van der Waals surface area contributed by atoms with Gasteiger partial charge in [0.25, 0.3) is 0 Å². The molecule has 1 aromatic carbocycles. The van der Waals surface area contributed by atoms with Gasteiger partial charge in [0.2, 0.25) is 5.91 Å². The molecular formula is C21H22N2O. The van der Waals surface area contributed by atoms with Gasteiger partial charge in [-0.25, -0.2) is 0 Å². The van der Waals surface area contributed by atoms with Crippen LogP contribution in [0.2, 0.25) is 0 Å². The number of hydrogen-bond acceptors (Lipinski definition) is 2. The van der Waals surface area contributed by atoms with Gasteiger partial charge in [-0.05, 0) is 23.1 Å². The first-order valence-corrected chi connectivity index (χ1v) is 8.61. The summed E-state index contributed by atoms with van der Waals surface area (Å²) < 4.78 is 0. The summed E-state index contributed by atoms with van der Waals surface area (Å²) in [5.74, 6) is 0.942. The van der Waals surface area contributed by atoms with Crippen molar-refractivity contribution >= 4 is 5.91 Å². The number of allylic oxidation sites excluding steroid dienone is 6. The van der Waals surface area contributed by atoms with Gasteiger partial charge in [-0.3, -0.25) is 9.69 Å². The van der Waals surface area contributed by atoms with E-state index in [0.29, 0.717) is 18.3 Å². The summed E-state index contributed by atoms with van der Waals surface area (Å²) in [6.07, 6.45) is 12.9. The molecule has 0 saturated carbocycles. The number of amides is 1. The van der Waals surface area contributed by atoms with Gasteiger partial charge in [0.05, 0.1) is 0 Å². The van der Waals surface area contributed by atoms with Gasteiger partial charge in [-0.2, -0.15) is 0 Å². The molecule has 2 aliphatic heterocycles.